The van der Waals surface area contributed by atoms with Crippen LogP contribution in [-0.4, -0.2) is 49.0 Å². The minimum Gasteiger partial charge on any atom is -0.395 e. The number of aliphatic hydroxyl groups is 1. The molecule has 0 aromatic heterocycles. The summed E-state index contributed by atoms with van der Waals surface area (Å²) in [5.41, 5.74) is 1.72. The number of para-hydroxylation sites is 1. The first-order valence-corrected chi connectivity index (χ1v) is 9.97. The van der Waals surface area contributed by atoms with Crippen LogP contribution in [0, 0.1) is 0 Å². The number of aliphatic hydroxyl groups excluding tert-OH is 1. The van der Waals surface area contributed by atoms with E-state index in [9.17, 15) is 18.3 Å². The SMILES string of the molecule is CC(=O)N1C[C@H]2[C@@H](c3ccccc31)[C@@H](CO)N2S(=O)(=O)c1ccccc1. The van der Waals surface area contributed by atoms with Crippen LogP contribution in [-0.2, 0) is 14.8 Å². The molecule has 136 valence electrons. The van der Waals surface area contributed by atoms with Gasteiger partial charge in [0.1, 0.15) is 0 Å². The fourth-order valence-corrected chi connectivity index (χ4v) is 6.04. The van der Waals surface area contributed by atoms with Crippen LogP contribution in [0.4, 0.5) is 5.69 Å². The van der Waals surface area contributed by atoms with Crippen molar-refractivity contribution >= 4 is 21.6 Å². The molecule has 1 amide bonds. The third-order valence-corrected chi connectivity index (χ3v) is 7.29. The number of hydrogen-bond donors (Lipinski definition) is 1. The molecule has 0 spiro atoms. The zero-order valence-electron chi connectivity index (χ0n) is 14.3. The Morgan fingerprint density at radius 3 is 2.42 bits per heavy atom. The molecule has 1 saturated heterocycles. The van der Waals surface area contributed by atoms with Crippen molar-refractivity contribution in [2.24, 2.45) is 0 Å². The van der Waals surface area contributed by atoms with E-state index in [1.807, 2.05) is 24.3 Å². The average Bonchev–Trinajstić information content (AvgIpc) is 2.62. The van der Waals surface area contributed by atoms with Crippen molar-refractivity contribution in [2.45, 2.75) is 29.8 Å². The van der Waals surface area contributed by atoms with Crippen LogP contribution in [0.15, 0.2) is 59.5 Å². The van der Waals surface area contributed by atoms with E-state index in [4.69, 9.17) is 0 Å². The number of nitrogens with zero attached hydrogens (tertiary/aromatic N) is 2. The van der Waals surface area contributed by atoms with Crippen molar-refractivity contribution in [2.75, 3.05) is 18.1 Å². The number of anilines is 1. The molecule has 26 heavy (non-hydrogen) atoms. The van der Waals surface area contributed by atoms with Crippen LogP contribution in [0.25, 0.3) is 0 Å². The van der Waals surface area contributed by atoms with Crippen molar-refractivity contribution < 1.29 is 18.3 Å². The van der Waals surface area contributed by atoms with Crippen molar-refractivity contribution in [3.05, 3.63) is 60.2 Å². The van der Waals surface area contributed by atoms with E-state index in [1.165, 1.54) is 11.2 Å². The van der Waals surface area contributed by atoms with Gasteiger partial charge in [-0.15, -0.1) is 0 Å². The second-order valence-corrected chi connectivity index (χ2v) is 8.52. The predicted octanol–water partition coefficient (Wildman–Crippen LogP) is 1.57. The zero-order valence-corrected chi connectivity index (χ0v) is 15.1. The average molecular weight is 372 g/mol. The topological polar surface area (TPSA) is 77.9 Å². The highest BCUT2D eigenvalue weighted by atomic mass is 32.2. The number of sulfonamides is 1. The number of benzene rings is 2. The molecule has 2 aromatic carbocycles. The van der Waals surface area contributed by atoms with Gasteiger partial charge in [0.05, 0.1) is 23.6 Å². The highest BCUT2D eigenvalue weighted by Crippen LogP contribution is 2.50. The maximum atomic E-state index is 13.1. The number of amides is 1. The van der Waals surface area contributed by atoms with Gasteiger partial charge in [-0.3, -0.25) is 4.79 Å². The lowest BCUT2D eigenvalue weighted by Crippen LogP contribution is -2.70. The highest BCUT2D eigenvalue weighted by molar-refractivity contribution is 7.89. The summed E-state index contributed by atoms with van der Waals surface area (Å²) < 4.78 is 27.7. The van der Waals surface area contributed by atoms with Crippen LogP contribution in [0.2, 0.25) is 0 Å². The summed E-state index contributed by atoms with van der Waals surface area (Å²) in [5, 5.41) is 9.92. The lowest BCUT2D eigenvalue weighted by Gasteiger charge is -2.57. The minimum atomic E-state index is -3.75. The summed E-state index contributed by atoms with van der Waals surface area (Å²) in [7, 11) is -3.75. The smallest absolute Gasteiger partial charge is 0.243 e. The molecule has 0 unspecified atom stereocenters. The van der Waals surface area contributed by atoms with E-state index in [0.717, 1.165) is 11.3 Å². The lowest BCUT2D eigenvalue weighted by molar-refractivity contribution is -0.117. The molecule has 3 atom stereocenters. The second kappa shape index (κ2) is 6.19. The van der Waals surface area contributed by atoms with E-state index < -0.39 is 16.1 Å². The van der Waals surface area contributed by atoms with Crippen LogP contribution in [0.1, 0.15) is 18.4 Å². The Morgan fingerprint density at radius 2 is 1.77 bits per heavy atom. The first kappa shape index (κ1) is 17.2. The van der Waals surface area contributed by atoms with E-state index in [1.54, 1.807) is 35.2 Å². The summed E-state index contributed by atoms with van der Waals surface area (Å²) in [4.78, 5) is 13.9. The molecule has 4 rings (SSSR count). The van der Waals surface area contributed by atoms with Gasteiger partial charge >= 0.3 is 0 Å². The summed E-state index contributed by atoms with van der Waals surface area (Å²) >= 11 is 0. The Labute approximate surface area is 152 Å². The third kappa shape index (κ3) is 2.39. The lowest BCUT2D eigenvalue weighted by atomic mass is 9.74. The van der Waals surface area contributed by atoms with Gasteiger partial charge in [-0.1, -0.05) is 36.4 Å². The van der Waals surface area contributed by atoms with E-state index in [-0.39, 0.29) is 29.4 Å². The molecule has 2 heterocycles. The molecule has 1 N–H and O–H groups in total. The molecule has 2 aliphatic rings. The summed E-state index contributed by atoms with van der Waals surface area (Å²) in [5.74, 6) is -0.245. The van der Waals surface area contributed by atoms with Gasteiger partial charge in [0.2, 0.25) is 15.9 Å². The maximum Gasteiger partial charge on any atom is 0.243 e. The third-order valence-electron chi connectivity index (χ3n) is 5.32. The van der Waals surface area contributed by atoms with Gasteiger partial charge in [0.15, 0.2) is 0 Å². The standard InChI is InChI=1S/C19H20N2O4S/c1-13(23)20-11-17-19(15-9-5-6-10-16(15)20)18(12-22)21(17)26(24,25)14-7-3-2-4-8-14/h2-10,17-19,22H,11-12H2,1H3/t17-,18+,19+/m0/s1. The van der Waals surface area contributed by atoms with Crippen LogP contribution in [0.3, 0.4) is 0 Å². The van der Waals surface area contributed by atoms with Crippen molar-refractivity contribution in [3.8, 4) is 0 Å². The predicted molar refractivity (Wildman–Crippen MR) is 97.3 cm³/mol. The molecular weight excluding hydrogens is 352 g/mol. The molecule has 7 heteroatoms. The zero-order chi connectivity index (χ0) is 18.5. The van der Waals surface area contributed by atoms with Crippen molar-refractivity contribution in [1.29, 1.82) is 0 Å². The molecule has 0 aliphatic carbocycles. The fourth-order valence-electron chi connectivity index (χ4n) is 4.19. The quantitative estimate of drug-likeness (QED) is 0.887. The molecule has 1 fully saturated rings. The van der Waals surface area contributed by atoms with Crippen LogP contribution < -0.4 is 4.90 Å². The molecule has 0 saturated carbocycles. The number of fused-ring (bicyclic) bond motifs is 3. The minimum absolute atomic E-state index is 0.120. The summed E-state index contributed by atoms with van der Waals surface area (Å²) in [6.07, 6.45) is 0. The van der Waals surface area contributed by atoms with E-state index in [0.29, 0.717) is 6.54 Å². The Bertz CT molecular complexity index is 945. The fraction of sp³-hybridized carbons (Fsp3) is 0.316. The molecular formula is C19H20N2O4S. The number of carbonyl (C=O) groups is 1. The Hall–Kier alpha value is -2.22. The van der Waals surface area contributed by atoms with Gasteiger partial charge in [0.25, 0.3) is 0 Å². The van der Waals surface area contributed by atoms with Gasteiger partial charge in [-0.05, 0) is 23.8 Å². The largest absolute Gasteiger partial charge is 0.395 e. The number of rotatable bonds is 3. The summed E-state index contributed by atoms with van der Waals surface area (Å²) in [6, 6.07) is 14.8. The summed E-state index contributed by atoms with van der Waals surface area (Å²) in [6.45, 7) is 1.51. The first-order valence-electron chi connectivity index (χ1n) is 8.53. The van der Waals surface area contributed by atoms with Crippen LogP contribution >= 0.6 is 0 Å². The Morgan fingerprint density at radius 1 is 1.12 bits per heavy atom. The van der Waals surface area contributed by atoms with Gasteiger partial charge in [0, 0.05) is 25.1 Å². The molecule has 6 nitrogen and oxygen atoms in total. The monoisotopic (exact) mass is 372 g/mol. The first-order chi connectivity index (χ1) is 12.5. The van der Waals surface area contributed by atoms with E-state index >= 15 is 0 Å². The second-order valence-electron chi connectivity index (χ2n) is 6.68. The van der Waals surface area contributed by atoms with Gasteiger partial charge < -0.3 is 10.0 Å². The molecule has 2 aromatic rings. The number of carbonyl (C=O) groups excluding carboxylic acids is 1. The van der Waals surface area contributed by atoms with Crippen LogP contribution in [0.5, 0.6) is 0 Å². The maximum absolute atomic E-state index is 13.1. The van der Waals surface area contributed by atoms with E-state index in [2.05, 4.69) is 0 Å². The van der Waals surface area contributed by atoms with Crippen molar-refractivity contribution in [3.63, 3.8) is 0 Å². The Kier molecular flexibility index (Phi) is 4.10. The van der Waals surface area contributed by atoms with Crippen molar-refractivity contribution in [1.82, 2.24) is 4.31 Å². The highest BCUT2D eigenvalue weighted by Gasteiger charge is 2.57. The molecule has 2 aliphatic heterocycles. The normalized spacial score (nSPS) is 25.2. The Balaban J connectivity index is 1.79. The number of hydrogen-bond acceptors (Lipinski definition) is 4. The van der Waals surface area contributed by atoms with Gasteiger partial charge in [-0.25, -0.2) is 8.42 Å². The molecule has 0 radical (unpaired) electrons. The van der Waals surface area contributed by atoms with Gasteiger partial charge in [-0.2, -0.15) is 4.31 Å². The molecule has 0 bridgehead atoms.